The summed E-state index contributed by atoms with van der Waals surface area (Å²) in [5, 5.41) is 15.3. The number of aromatic nitrogens is 1. The number of hydrogen-bond donors (Lipinski definition) is 2. The molecule has 2 rings (SSSR count). The molecule has 1 aromatic heterocycles. The molecule has 112 valence electrons. The predicted octanol–water partition coefficient (Wildman–Crippen LogP) is 3.31. The van der Waals surface area contributed by atoms with E-state index < -0.39 is 11.5 Å². The highest BCUT2D eigenvalue weighted by Gasteiger charge is 2.43. The van der Waals surface area contributed by atoms with Gasteiger partial charge in [-0.2, -0.15) is 0 Å². The molecule has 2 unspecified atom stereocenters. The molecule has 1 aromatic rings. The van der Waals surface area contributed by atoms with Crippen molar-refractivity contribution >= 4 is 29.1 Å². The molecule has 2 N–H and O–H groups in total. The Morgan fingerprint density at radius 2 is 2.40 bits per heavy atom. The standard InChI is InChI=1S/C14H22N2O2S2/c1-9(2)16-14(12(17)18)6-4-5-11(7-14)20-13-15-10(3)8-19-13/h8-9,11,16H,4-7H2,1-3H3,(H,17,18). The lowest BCUT2D eigenvalue weighted by Crippen LogP contribution is -2.57. The van der Waals surface area contributed by atoms with Gasteiger partial charge < -0.3 is 5.11 Å². The number of aryl methyl sites for hydroxylation is 1. The van der Waals surface area contributed by atoms with Crippen molar-refractivity contribution in [2.45, 2.75) is 67.6 Å². The molecule has 0 amide bonds. The molecule has 20 heavy (non-hydrogen) atoms. The molecule has 4 nitrogen and oxygen atoms in total. The molecular weight excluding hydrogens is 292 g/mol. The van der Waals surface area contributed by atoms with Crippen LogP contribution >= 0.6 is 23.1 Å². The van der Waals surface area contributed by atoms with Crippen molar-refractivity contribution in [3.8, 4) is 0 Å². The smallest absolute Gasteiger partial charge is 0.323 e. The lowest BCUT2D eigenvalue weighted by atomic mass is 9.81. The second kappa shape index (κ2) is 6.45. The van der Waals surface area contributed by atoms with Gasteiger partial charge in [-0.1, -0.05) is 11.8 Å². The average Bonchev–Trinajstić information content (AvgIpc) is 2.74. The molecule has 0 radical (unpaired) electrons. The number of nitrogens with one attached hydrogen (secondary N) is 1. The lowest BCUT2D eigenvalue weighted by Gasteiger charge is -2.39. The zero-order valence-corrected chi connectivity index (χ0v) is 13.8. The summed E-state index contributed by atoms with van der Waals surface area (Å²) in [5.74, 6) is -0.716. The Bertz CT molecular complexity index is 475. The van der Waals surface area contributed by atoms with Crippen LogP contribution in [0.5, 0.6) is 0 Å². The van der Waals surface area contributed by atoms with Gasteiger partial charge in [0.15, 0.2) is 0 Å². The van der Waals surface area contributed by atoms with Crippen LogP contribution < -0.4 is 5.32 Å². The fraction of sp³-hybridized carbons (Fsp3) is 0.714. The normalized spacial score (nSPS) is 26.9. The fourth-order valence-corrected chi connectivity index (χ4v) is 5.22. The van der Waals surface area contributed by atoms with Crippen molar-refractivity contribution in [2.75, 3.05) is 0 Å². The van der Waals surface area contributed by atoms with E-state index in [0.717, 1.165) is 22.9 Å². The van der Waals surface area contributed by atoms with E-state index in [0.29, 0.717) is 18.1 Å². The van der Waals surface area contributed by atoms with Gasteiger partial charge in [0.05, 0.1) is 0 Å². The molecule has 1 heterocycles. The molecule has 1 aliphatic rings. The zero-order chi connectivity index (χ0) is 14.8. The summed E-state index contributed by atoms with van der Waals surface area (Å²) in [4.78, 5) is 16.2. The molecular formula is C14H22N2O2S2. The van der Waals surface area contributed by atoms with E-state index in [4.69, 9.17) is 0 Å². The molecule has 6 heteroatoms. The molecule has 0 saturated heterocycles. The number of hydrogen-bond acceptors (Lipinski definition) is 5. The zero-order valence-electron chi connectivity index (χ0n) is 12.2. The van der Waals surface area contributed by atoms with Crippen molar-refractivity contribution in [3.05, 3.63) is 11.1 Å². The van der Waals surface area contributed by atoms with Crippen LogP contribution in [-0.2, 0) is 4.79 Å². The second-order valence-electron chi connectivity index (χ2n) is 5.78. The highest BCUT2D eigenvalue weighted by Crippen LogP contribution is 2.39. The van der Waals surface area contributed by atoms with E-state index in [9.17, 15) is 9.90 Å². The van der Waals surface area contributed by atoms with Crippen LogP contribution in [-0.4, -0.2) is 32.9 Å². The largest absolute Gasteiger partial charge is 0.480 e. The Hall–Kier alpha value is -0.590. The maximum atomic E-state index is 11.7. The highest BCUT2D eigenvalue weighted by molar-refractivity contribution is 8.01. The van der Waals surface area contributed by atoms with Crippen LogP contribution in [0.3, 0.4) is 0 Å². The third-order valence-corrected chi connectivity index (χ3v) is 5.90. The van der Waals surface area contributed by atoms with E-state index >= 15 is 0 Å². The van der Waals surface area contributed by atoms with E-state index in [1.807, 2.05) is 26.2 Å². The van der Waals surface area contributed by atoms with E-state index in [-0.39, 0.29) is 6.04 Å². The van der Waals surface area contributed by atoms with Gasteiger partial charge in [-0.15, -0.1) is 11.3 Å². The van der Waals surface area contributed by atoms with Crippen LogP contribution in [0.25, 0.3) is 0 Å². The van der Waals surface area contributed by atoms with Gasteiger partial charge in [0.25, 0.3) is 0 Å². The first-order valence-corrected chi connectivity index (χ1v) is 8.77. The van der Waals surface area contributed by atoms with Crippen molar-refractivity contribution in [3.63, 3.8) is 0 Å². The number of carboxylic acid groups (broad SMARTS) is 1. The Kier molecular flexibility index (Phi) is 5.09. The number of carboxylic acids is 1. The monoisotopic (exact) mass is 314 g/mol. The maximum absolute atomic E-state index is 11.7. The number of thiazole rings is 1. The number of carbonyl (C=O) groups is 1. The Morgan fingerprint density at radius 3 is 2.95 bits per heavy atom. The van der Waals surface area contributed by atoms with Crippen LogP contribution in [0, 0.1) is 6.92 Å². The van der Waals surface area contributed by atoms with Crippen LogP contribution in [0.1, 0.15) is 45.2 Å². The average molecular weight is 314 g/mol. The fourth-order valence-electron chi connectivity index (χ4n) is 2.79. The van der Waals surface area contributed by atoms with E-state index in [2.05, 4.69) is 10.3 Å². The van der Waals surface area contributed by atoms with Crippen molar-refractivity contribution < 1.29 is 9.90 Å². The summed E-state index contributed by atoms with van der Waals surface area (Å²) in [6, 6.07) is 0.178. The first-order valence-electron chi connectivity index (χ1n) is 7.01. The van der Waals surface area contributed by atoms with Gasteiger partial charge >= 0.3 is 5.97 Å². The predicted molar refractivity (Wildman–Crippen MR) is 83.6 cm³/mol. The molecule has 2 atom stereocenters. The number of rotatable bonds is 5. The molecule has 1 saturated carbocycles. The van der Waals surface area contributed by atoms with Gasteiger partial charge in [0.1, 0.15) is 9.88 Å². The third-order valence-electron chi connectivity index (χ3n) is 3.55. The first kappa shape index (κ1) is 15.8. The quantitative estimate of drug-likeness (QED) is 0.873. The number of aliphatic carboxylic acids is 1. The molecule has 0 bridgehead atoms. The van der Waals surface area contributed by atoms with Gasteiger partial charge in [0.2, 0.25) is 0 Å². The summed E-state index contributed by atoms with van der Waals surface area (Å²) in [5.41, 5.74) is 0.272. The summed E-state index contributed by atoms with van der Waals surface area (Å²) < 4.78 is 1.05. The second-order valence-corrected chi connectivity index (χ2v) is 8.18. The third kappa shape index (κ3) is 3.74. The summed E-state index contributed by atoms with van der Waals surface area (Å²) in [7, 11) is 0. The van der Waals surface area contributed by atoms with Crippen molar-refractivity contribution in [2.24, 2.45) is 0 Å². The Morgan fingerprint density at radius 1 is 1.65 bits per heavy atom. The number of thioether (sulfide) groups is 1. The summed E-state index contributed by atoms with van der Waals surface area (Å²) >= 11 is 3.39. The van der Waals surface area contributed by atoms with Crippen molar-refractivity contribution in [1.82, 2.24) is 10.3 Å². The van der Waals surface area contributed by atoms with Crippen LogP contribution in [0.4, 0.5) is 0 Å². The summed E-state index contributed by atoms with van der Waals surface area (Å²) in [6.07, 6.45) is 3.41. The van der Waals surface area contributed by atoms with Gasteiger partial charge in [-0.3, -0.25) is 10.1 Å². The van der Waals surface area contributed by atoms with Crippen LogP contribution in [0.15, 0.2) is 9.72 Å². The summed E-state index contributed by atoms with van der Waals surface area (Å²) in [6.45, 7) is 6.00. The van der Waals surface area contributed by atoms with Gasteiger partial charge in [-0.05, 0) is 46.5 Å². The minimum absolute atomic E-state index is 0.178. The minimum atomic E-state index is -0.767. The van der Waals surface area contributed by atoms with Gasteiger partial charge in [0, 0.05) is 22.4 Å². The molecule has 1 aliphatic carbocycles. The maximum Gasteiger partial charge on any atom is 0.323 e. The number of nitrogens with zero attached hydrogens (tertiary/aromatic N) is 1. The molecule has 0 aliphatic heterocycles. The highest BCUT2D eigenvalue weighted by atomic mass is 32.2. The van der Waals surface area contributed by atoms with E-state index in [1.165, 1.54) is 0 Å². The van der Waals surface area contributed by atoms with Crippen molar-refractivity contribution in [1.29, 1.82) is 0 Å². The van der Waals surface area contributed by atoms with Crippen LogP contribution in [0.2, 0.25) is 0 Å². The van der Waals surface area contributed by atoms with Gasteiger partial charge in [-0.25, -0.2) is 4.98 Å². The Labute approximate surface area is 128 Å². The lowest BCUT2D eigenvalue weighted by molar-refractivity contribution is -0.146. The Balaban J connectivity index is 2.07. The van der Waals surface area contributed by atoms with E-state index in [1.54, 1.807) is 23.1 Å². The molecule has 1 fully saturated rings. The molecule has 0 spiro atoms. The minimum Gasteiger partial charge on any atom is -0.480 e. The topological polar surface area (TPSA) is 62.2 Å². The SMILES string of the molecule is Cc1csc(SC2CCCC(NC(C)C)(C(=O)O)C2)n1. The first-order chi connectivity index (χ1) is 9.41. The molecule has 0 aromatic carbocycles.